The van der Waals surface area contributed by atoms with Crippen LogP contribution in [0.3, 0.4) is 0 Å². The quantitative estimate of drug-likeness (QED) is 0.741. The Balaban J connectivity index is 2.41. The highest BCUT2D eigenvalue weighted by atomic mass is 35.5. The van der Waals surface area contributed by atoms with Crippen LogP contribution in [0, 0.1) is 5.92 Å². The van der Waals surface area contributed by atoms with Gasteiger partial charge in [-0.05, 0) is 36.3 Å². The fourth-order valence-corrected chi connectivity index (χ4v) is 3.69. The molecule has 0 radical (unpaired) electrons. The summed E-state index contributed by atoms with van der Waals surface area (Å²) in [5.41, 5.74) is 3.03. The van der Waals surface area contributed by atoms with E-state index in [1.54, 1.807) is 7.11 Å². The maximum absolute atomic E-state index is 6.34. The Hall–Kier alpha value is -0.530. The molecule has 0 fully saturated rings. The van der Waals surface area contributed by atoms with E-state index >= 15 is 0 Å². The van der Waals surface area contributed by atoms with E-state index < -0.39 is 0 Å². The van der Waals surface area contributed by atoms with Crippen molar-refractivity contribution in [3.8, 4) is 0 Å². The second kappa shape index (κ2) is 5.41. The third-order valence-electron chi connectivity index (χ3n) is 4.22. The minimum absolute atomic E-state index is 0.104. The molecule has 1 aromatic rings. The Morgan fingerprint density at radius 2 is 2.18 bits per heavy atom. The topological polar surface area (TPSA) is 9.23 Å². The van der Waals surface area contributed by atoms with Crippen LogP contribution in [0.15, 0.2) is 24.3 Å². The van der Waals surface area contributed by atoms with Gasteiger partial charge in [-0.25, -0.2) is 0 Å². The minimum atomic E-state index is 0.104. The number of hydrogen-bond donors (Lipinski definition) is 0. The van der Waals surface area contributed by atoms with Crippen LogP contribution in [-0.2, 0) is 16.6 Å². The molecular formula is C15H21ClO. The molecule has 1 aliphatic carbocycles. The molecule has 0 aliphatic heterocycles. The Labute approximate surface area is 109 Å². The molecule has 0 aromatic heterocycles. The van der Waals surface area contributed by atoms with Gasteiger partial charge in [0, 0.05) is 25.0 Å². The smallest absolute Gasteiger partial charge is 0.0496 e. The van der Waals surface area contributed by atoms with Gasteiger partial charge in [-0.1, -0.05) is 31.2 Å². The highest BCUT2D eigenvalue weighted by molar-refractivity contribution is 6.18. The van der Waals surface area contributed by atoms with Crippen molar-refractivity contribution in [1.29, 1.82) is 0 Å². The molecule has 0 heterocycles. The van der Waals surface area contributed by atoms with Crippen molar-refractivity contribution in [2.75, 3.05) is 19.6 Å². The molecule has 2 unspecified atom stereocenters. The number of methoxy groups -OCH3 is 1. The maximum Gasteiger partial charge on any atom is 0.0496 e. The second-order valence-corrected chi connectivity index (χ2v) is 5.42. The first kappa shape index (κ1) is 12.9. The molecule has 0 amide bonds. The zero-order valence-electron chi connectivity index (χ0n) is 10.7. The van der Waals surface area contributed by atoms with E-state index in [9.17, 15) is 0 Å². The van der Waals surface area contributed by atoms with Gasteiger partial charge < -0.3 is 4.74 Å². The molecule has 2 rings (SSSR count). The van der Waals surface area contributed by atoms with Gasteiger partial charge in [0.15, 0.2) is 0 Å². The number of ether oxygens (including phenoxy) is 1. The van der Waals surface area contributed by atoms with Gasteiger partial charge >= 0.3 is 0 Å². The van der Waals surface area contributed by atoms with Crippen LogP contribution in [0.1, 0.15) is 30.9 Å². The molecule has 2 atom stereocenters. The fraction of sp³-hybridized carbons (Fsp3) is 0.600. The number of alkyl halides is 1. The van der Waals surface area contributed by atoms with Crippen molar-refractivity contribution >= 4 is 11.6 Å². The van der Waals surface area contributed by atoms with E-state index in [-0.39, 0.29) is 5.41 Å². The number of aryl methyl sites for hydroxylation is 1. The summed E-state index contributed by atoms with van der Waals surface area (Å²) in [6.07, 6.45) is 3.60. The lowest BCUT2D eigenvalue weighted by Crippen LogP contribution is -2.41. The Kier molecular flexibility index (Phi) is 4.11. The van der Waals surface area contributed by atoms with E-state index in [0.717, 1.165) is 6.61 Å². The summed E-state index contributed by atoms with van der Waals surface area (Å²) < 4.78 is 5.34. The monoisotopic (exact) mass is 252 g/mol. The van der Waals surface area contributed by atoms with Crippen LogP contribution in [0.5, 0.6) is 0 Å². The Morgan fingerprint density at radius 1 is 1.41 bits per heavy atom. The van der Waals surface area contributed by atoms with E-state index in [0.29, 0.717) is 11.8 Å². The van der Waals surface area contributed by atoms with Gasteiger partial charge in [0.05, 0.1) is 0 Å². The van der Waals surface area contributed by atoms with Crippen molar-refractivity contribution in [3.05, 3.63) is 35.4 Å². The summed E-state index contributed by atoms with van der Waals surface area (Å²) in [5.74, 6) is 1.15. The first-order valence-corrected chi connectivity index (χ1v) is 6.91. The molecule has 1 aromatic carbocycles. The third-order valence-corrected chi connectivity index (χ3v) is 4.70. The van der Waals surface area contributed by atoms with Crippen LogP contribution < -0.4 is 0 Å². The Bertz CT molecular complexity index is 377. The average Bonchev–Trinajstić information content (AvgIpc) is 2.38. The van der Waals surface area contributed by atoms with Gasteiger partial charge in [0.2, 0.25) is 0 Å². The lowest BCUT2D eigenvalue weighted by Gasteiger charge is -2.42. The number of halogens is 1. The van der Waals surface area contributed by atoms with E-state index in [4.69, 9.17) is 16.3 Å². The molecular weight excluding hydrogens is 232 g/mol. The molecule has 0 saturated heterocycles. The molecule has 1 nitrogen and oxygen atoms in total. The molecule has 0 bridgehead atoms. The predicted molar refractivity (Wildman–Crippen MR) is 72.8 cm³/mol. The van der Waals surface area contributed by atoms with Gasteiger partial charge in [-0.3, -0.25) is 0 Å². The van der Waals surface area contributed by atoms with E-state index in [2.05, 4.69) is 31.2 Å². The first-order valence-electron chi connectivity index (χ1n) is 6.38. The van der Waals surface area contributed by atoms with Crippen molar-refractivity contribution in [1.82, 2.24) is 0 Å². The SMILES string of the molecule is COCC(C)C1(CCl)CCCc2ccccc21. The summed E-state index contributed by atoms with van der Waals surface area (Å²) in [5, 5.41) is 0. The Morgan fingerprint density at radius 3 is 2.88 bits per heavy atom. The van der Waals surface area contributed by atoms with Gasteiger partial charge in [-0.2, -0.15) is 0 Å². The molecule has 0 saturated carbocycles. The van der Waals surface area contributed by atoms with E-state index in [1.165, 1.54) is 30.4 Å². The number of hydrogen-bond acceptors (Lipinski definition) is 1. The number of benzene rings is 1. The molecule has 0 N–H and O–H groups in total. The molecule has 0 spiro atoms. The predicted octanol–water partition coefficient (Wildman–Crippen LogP) is 3.78. The minimum Gasteiger partial charge on any atom is -0.384 e. The van der Waals surface area contributed by atoms with Crippen LogP contribution in [0.4, 0.5) is 0 Å². The van der Waals surface area contributed by atoms with Crippen LogP contribution in [-0.4, -0.2) is 19.6 Å². The van der Waals surface area contributed by atoms with Gasteiger partial charge in [-0.15, -0.1) is 11.6 Å². The highest BCUT2D eigenvalue weighted by Gasteiger charge is 2.40. The lowest BCUT2D eigenvalue weighted by molar-refractivity contribution is 0.112. The number of rotatable bonds is 4. The van der Waals surface area contributed by atoms with E-state index in [1.807, 2.05) is 0 Å². The normalized spacial score (nSPS) is 25.4. The van der Waals surface area contributed by atoms with Gasteiger partial charge in [0.25, 0.3) is 0 Å². The second-order valence-electron chi connectivity index (χ2n) is 5.16. The zero-order valence-corrected chi connectivity index (χ0v) is 11.5. The summed E-state index contributed by atoms with van der Waals surface area (Å²) in [6, 6.07) is 8.76. The zero-order chi connectivity index (χ0) is 12.3. The summed E-state index contributed by atoms with van der Waals surface area (Å²) in [7, 11) is 1.77. The standard InChI is InChI=1S/C15H21ClO/c1-12(10-17-2)15(11-16)9-5-7-13-6-3-4-8-14(13)15/h3-4,6,8,12H,5,7,9-11H2,1-2H3. The number of fused-ring (bicyclic) bond motifs is 1. The molecule has 2 heteroatoms. The molecule has 17 heavy (non-hydrogen) atoms. The van der Waals surface area contributed by atoms with Crippen molar-refractivity contribution in [2.24, 2.45) is 5.92 Å². The van der Waals surface area contributed by atoms with Crippen molar-refractivity contribution in [2.45, 2.75) is 31.6 Å². The lowest BCUT2D eigenvalue weighted by atomic mass is 9.64. The average molecular weight is 253 g/mol. The summed E-state index contributed by atoms with van der Waals surface area (Å²) >= 11 is 6.34. The van der Waals surface area contributed by atoms with Crippen molar-refractivity contribution < 1.29 is 4.74 Å². The van der Waals surface area contributed by atoms with Crippen LogP contribution >= 0.6 is 11.6 Å². The maximum atomic E-state index is 6.34. The highest BCUT2D eigenvalue weighted by Crippen LogP contribution is 2.43. The van der Waals surface area contributed by atoms with Crippen LogP contribution in [0.25, 0.3) is 0 Å². The summed E-state index contributed by atoms with van der Waals surface area (Å²) in [4.78, 5) is 0. The van der Waals surface area contributed by atoms with Crippen molar-refractivity contribution in [3.63, 3.8) is 0 Å². The summed E-state index contributed by atoms with van der Waals surface area (Å²) in [6.45, 7) is 3.04. The van der Waals surface area contributed by atoms with Gasteiger partial charge in [0.1, 0.15) is 0 Å². The third kappa shape index (κ3) is 2.23. The molecule has 94 valence electrons. The first-order chi connectivity index (χ1) is 8.24. The van der Waals surface area contributed by atoms with Crippen LogP contribution in [0.2, 0.25) is 0 Å². The largest absolute Gasteiger partial charge is 0.384 e. The molecule has 1 aliphatic rings. The fourth-order valence-electron chi connectivity index (χ4n) is 3.14.